The first-order valence-corrected chi connectivity index (χ1v) is 8.66. The number of amides is 1. The predicted octanol–water partition coefficient (Wildman–Crippen LogP) is 2.25. The lowest BCUT2D eigenvalue weighted by molar-refractivity contribution is 0.243. The van der Waals surface area contributed by atoms with Gasteiger partial charge in [-0.25, -0.2) is 9.59 Å². The lowest BCUT2D eigenvalue weighted by Gasteiger charge is -2.22. The van der Waals surface area contributed by atoms with Gasteiger partial charge >= 0.3 is 11.7 Å². The summed E-state index contributed by atoms with van der Waals surface area (Å²) in [4.78, 5) is 27.2. The van der Waals surface area contributed by atoms with Crippen molar-refractivity contribution in [2.75, 3.05) is 25.7 Å². The van der Waals surface area contributed by atoms with Crippen LogP contribution < -0.4 is 20.1 Å². The minimum absolute atomic E-state index is 0.312. The van der Waals surface area contributed by atoms with Crippen molar-refractivity contribution in [3.63, 3.8) is 0 Å². The van der Waals surface area contributed by atoms with Crippen LogP contribution in [0.4, 0.5) is 10.5 Å². The quantitative estimate of drug-likeness (QED) is 0.628. The number of anilines is 1. The van der Waals surface area contributed by atoms with Crippen molar-refractivity contribution in [3.05, 3.63) is 58.5 Å². The van der Waals surface area contributed by atoms with Gasteiger partial charge in [0, 0.05) is 6.54 Å². The summed E-state index contributed by atoms with van der Waals surface area (Å²) in [7, 11) is 3.02. The zero-order valence-electron chi connectivity index (χ0n) is 16.1. The summed E-state index contributed by atoms with van der Waals surface area (Å²) in [5, 5.41) is 7.61. The smallest absolute Gasteiger partial charge is 0.377 e. The molecule has 1 heterocycles. The molecule has 9 heteroatoms. The molecule has 0 fully saturated rings. The largest absolute Gasteiger partial charge is 0.495 e. The molecule has 9 nitrogen and oxygen atoms in total. The number of carbonyl (C=O) groups excluding carboxylic acids is 1. The topological polar surface area (TPSA) is 91.5 Å². The molecule has 0 spiro atoms. The van der Waals surface area contributed by atoms with E-state index in [0.717, 1.165) is 14.9 Å². The Labute approximate surface area is 161 Å². The second kappa shape index (κ2) is 7.95. The molecule has 0 atom stereocenters. The second-order valence-corrected chi connectivity index (χ2v) is 5.96. The lowest BCUT2D eigenvalue weighted by atomic mass is 10.2. The molecule has 0 aliphatic heterocycles. The zero-order valence-corrected chi connectivity index (χ0v) is 16.1. The highest BCUT2D eigenvalue weighted by Crippen LogP contribution is 2.29. The van der Waals surface area contributed by atoms with E-state index in [9.17, 15) is 9.59 Å². The third-order valence-electron chi connectivity index (χ3n) is 4.25. The molecule has 0 aliphatic carbocycles. The Balaban J connectivity index is 2.03. The number of ether oxygens (including phenoxy) is 2. The van der Waals surface area contributed by atoms with Crippen LogP contribution in [0.15, 0.2) is 47.3 Å². The minimum atomic E-state index is -0.695. The van der Waals surface area contributed by atoms with E-state index in [1.165, 1.54) is 19.1 Å². The molecular weight excluding hydrogens is 362 g/mol. The fraction of sp³-hybridized carbons (Fsp3) is 0.263. The van der Waals surface area contributed by atoms with E-state index in [1.54, 1.807) is 37.3 Å². The van der Waals surface area contributed by atoms with E-state index >= 15 is 0 Å². The maximum Gasteiger partial charge on any atom is 0.377 e. The van der Waals surface area contributed by atoms with Gasteiger partial charge in [0.25, 0.3) is 0 Å². The van der Waals surface area contributed by atoms with Crippen molar-refractivity contribution in [1.82, 2.24) is 19.8 Å². The van der Waals surface area contributed by atoms with Crippen LogP contribution in [0.5, 0.6) is 11.5 Å². The number of tetrazole rings is 1. The van der Waals surface area contributed by atoms with Gasteiger partial charge in [0.2, 0.25) is 0 Å². The van der Waals surface area contributed by atoms with E-state index in [4.69, 9.17) is 9.47 Å². The van der Waals surface area contributed by atoms with Crippen LogP contribution in [0, 0.1) is 6.92 Å². The third kappa shape index (κ3) is 3.34. The molecular formula is C19H21N5O4. The number of para-hydroxylation sites is 2. The van der Waals surface area contributed by atoms with Gasteiger partial charge in [-0.1, -0.05) is 18.2 Å². The van der Waals surface area contributed by atoms with E-state index in [1.807, 2.05) is 19.1 Å². The van der Waals surface area contributed by atoms with Gasteiger partial charge in [-0.3, -0.25) is 4.90 Å². The Morgan fingerprint density at radius 2 is 1.79 bits per heavy atom. The van der Waals surface area contributed by atoms with Crippen LogP contribution in [0.2, 0.25) is 0 Å². The number of carbonyl (C=O) groups is 1. The Kier molecular flexibility index (Phi) is 5.44. The number of methoxy groups -OCH3 is 2. The molecule has 0 saturated heterocycles. The highest BCUT2D eigenvalue weighted by Gasteiger charge is 2.24. The Hall–Kier alpha value is -3.62. The summed E-state index contributed by atoms with van der Waals surface area (Å²) in [6.07, 6.45) is 0. The molecule has 146 valence electrons. The summed E-state index contributed by atoms with van der Waals surface area (Å²) < 4.78 is 12.4. The number of aromatic nitrogens is 4. The van der Waals surface area contributed by atoms with Crippen molar-refractivity contribution < 1.29 is 14.3 Å². The van der Waals surface area contributed by atoms with Crippen molar-refractivity contribution >= 4 is 11.7 Å². The first-order chi connectivity index (χ1) is 13.5. The van der Waals surface area contributed by atoms with Crippen LogP contribution in [-0.4, -0.2) is 46.6 Å². The van der Waals surface area contributed by atoms with Crippen LogP contribution >= 0.6 is 0 Å². The summed E-state index contributed by atoms with van der Waals surface area (Å²) >= 11 is 0. The van der Waals surface area contributed by atoms with Crippen LogP contribution in [0.3, 0.4) is 0 Å². The normalized spacial score (nSPS) is 10.6. The summed E-state index contributed by atoms with van der Waals surface area (Å²) in [6, 6.07) is 11.7. The molecule has 0 saturated carbocycles. The molecule has 0 unspecified atom stereocenters. The summed E-state index contributed by atoms with van der Waals surface area (Å²) in [5.74, 6) is 0.969. The second-order valence-electron chi connectivity index (χ2n) is 5.96. The molecule has 3 aromatic rings. The first-order valence-electron chi connectivity index (χ1n) is 8.66. The van der Waals surface area contributed by atoms with Gasteiger partial charge < -0.3 is 9.47 Å². The number of aryl methyl sites for hydroxylation is 1. The van der Waals surface area contributed by atoms with Crippen LogP contribution in [0.1, 0.15) is 12.5 Å². The third-order valence-corrected chi connectivity index (χ3v) is 4.25. The fourth-order valence-corrected chi connectivity index (χ4v) is 2.85. The van der Waals surface area contributed by atoms with E-state index in [-0.39, 0.29) is 0 Å². The fourth-order valence-electron chi connectivity index (χ4n) is 2.85. The molecule has 2 aromatic carbocycles. The lowest BCUT2D eigenvalue weighted by Crippen LogP contribution is -2.41. The molecule has 0 N–H and O–H groups in total. The van der Waals surface area contributed by atoms with E-state index in [0.29, 0.717) is 29.4 Å². The number of hydrogen-bond donors (Lipinski definition) is 0. The zero-order chi connectivity index (χ0) is 20.3. The van der Waals surface area contributed by atoms with Gasteiger partial charge in [-0.15, -0.1) is 4.68 Å². The summed E-state index contributed by atoms with van der Waals surface area (Å²) in [5.41, 5.74) is 1.23. The molecule has 0 bridgehead atoms. The maximum atomic E-state index is 13.0. The van der Waals surface area contributed by atoms with E-state index in [2.05, 4.69) is 10.4 Å². The first kappa shape index (κ1) is 19.2. The molecule has 0 aliphatic rings. The minimum Gasteiger partial charge on any atom is -0.495 e. The molecule has 1 aromatic heterocycles. The predicted molar refractivity (Wildman–Crippen MR) is 104 cm³/mol. The Morgan fingerprint density at radius 1 is 1.07 bits per heavy atom. The molecule has 1 amide bonds. The maximum absolute atomic E-state index is 13.0. The monoisotopic (exact) mass is 383 g/mol. The molecule has 0 radical (unpaired) electrons. The number of hydrogen-bond acceptors (Lipinski definition) is 6. The SMILES string of the molecule is CCN(C(=O)n1nnn(-c2ccccc2OC)c1=O)c1ccc(C)cc1OC. The van der Waals surface area contributed by atoms with Crippen molar-refractivity contribution in [2.45, 2.75) is 13.8 Å². The Morgan fingerprint density at radius 3 is 2.46 bits per heavy atom. The summed E-state index contributed by atoms with van der Waals surface area (Å²) in [6.45, 7) is 4.03. The van der Waals surface area contributed by atoms with Crippen molar-refractivity contribution in [1.29, 1.82) is 0 Å². The number of benzene rings is 2. The highest BCUT2D eigenvalue weighted by molar-refractivity contribution is 5.94. The average Bonchev–Trinajstić information content (AvgIpc) is 3.10. The van der Waals surface area contributed by atoms with Crippen molar-refractivity contribution in [2.24, 2.45) is 0 Å². The van der Waals surface area contributed by atoms with Crippen LogP contribution in [-0.2, 0) is 0 Å². The van der Waals surface area contributed by atoms with Gasteiger partial charge in [0.15, 0.2) is 0 Å². The molecule has 28 heavy (non-hydrogen) atoms. The van der Waals surface area contributed by atoms with Gasteiger partial charge in [-0.05, 0) is 54.1 Å². The number of rotatable bonds is 5. The standard InChI is InChI=1S/C19H21N5O4/c1-5-22(14-11-10-13(2)12-17(14)28-4)18(25)24-19(26)23(20-21-24)15-8-6-7-9-16(15)27-3/h6-12H,5H2,1-4H3. The van der Waals surface area contributed by atoms with E-state index < -0.39 is 11.7 Å². The average molecular weight is 383 g/mol. The molecule has 3 rings (SSSR count). The van der Waals surface area contributed by atoms with Gasteiger partial charge in [0.05, 0.1) is 19.9 Å². The highest BCUT2D eigenvalue weighted by atomic mass is 16.5. The van der Waals surface area contributed by atoms with Gasteiger partial charge in [-0.2, -0.15) is 4.68 Å². The van der Waals surface area contributed by atoms with Crippen molar-refractivity contribution in [3.8, 4) is 17.2 Å². The Bertz CT molecular complexity index is 1060. The van der Waals surface area contributed by atoms with Gasteiger partial charge in [0.1, 0.15) is 17.2 Å². The number of nitrogens with zero attached hydrogens (tertiary/aromatic N) is 5. The van der Waals surface area contributed by atoms with Crippen LogP contribution in [0.25, 0.3) is 5.69 Å².